The first-order chi connectivity index (χ1) is 11.1. The highest BCUT2D eigenvalue weighted by Crippen LogP contribution is 2.21. The molecule has 9 heteroatoms. The van der Waals surface area contributed by atoms with E-state index >= 15 is 0 Å². The van der Waals surface area contributed by atoms with Gasteiger partial charge in [0.05, 0.1) is 10.6 Å². The standard InChI is InChI=1S/C16H23Cl2N3O2S.ClH/c1-16(2,19)9-20-15(23)13(6-7-24-3)21-14(22)11-5-4-10(17)8-12(11)18;/h4-5,8,13H,6-7,9,19H2,1-3H3,(H,20,23)(H,21,22);1H. The van der Waals surface area contributed by atoms with Gasteiger partial charge in [-0.1, -0.05) is 23.2 Å². The van der Waals surface area contributed by atoms with Gasteiger partial charge in [0.25, 0.3) is 5.91 Å². The Hall–Kier alpha value is -0.660. The third-order valence-corrected chi connectivity index (χ3v) is 4.32. The smallest absolute Gasteiger partial charge is 0.253 e. The molecule has 0 fully saturated rings. The molecule has 2 amide bonds. The molecule has 0 heterocycles. The van der Waals surface area contributed by atoms with Gasteiger partial charge in [0, 0.05) is 17.1 Å². The van der Waals surface area contributed by atoms with E-state index in [2.05, 4.69) is 10.6 Å². The van der Waals surface area contributed by atoms with Crippen molar-refractivity contribution in [2.75, 3.05) is 18.6 Å². The number of carbonyl (C=O) groups is 2. The molecule has 25 heavy (non-hydrogen) atoms. The zero-order chi connectivity index (χ0) is 18.3. The summed E-state index contributed by atoms with van der Waals surface area (Å²) in [6.45, 7) is 3.95. The van der Waals surface area contributed by atoms with Crippen molar-refractivity contribution >= 4 is 59.2 Å². The fraction of sp³-hybridized carbons (Fsp3) is 0.500. The van der Waals surface area contributed by atoms with E-state index in [1.165, 1.54) is 12.1 Å². The maximum Gasteiger partial charge on any atom is 0.253 e. The number of amides is 2. The first kappa shape index (κ1) is 24.3. The maximum atomic E-state index is 12.4. The molecule has 0 spiro atoms. The van der Waals surface area contributed by atoms with Crippen LogP contribution >= 0.6 is 47.4 Å². The minimum Gasteiger partial charge on any atom is -0.352 e. The highest BCUT2D eigenvalue weighted by molar-refractivity contribution is 7.98. The first-order valence-corrected chi connectivity index (χ1v) is 9.60. The summed E-state index contributed by atoms with van der Waals surface area (Å²) in [5.41, 5.74) is 5.63. The summed E-state index contributed by atoms with van der Waals surface area (Å²) in [7, 11) is 0. The largest absolute Gasteiger partial charge is 0.352 e. The zero-order valence-electron chi connectivity index (χ0n) is 14.4. The number of carbonyl (C=O) groups excluding carboxylic acids is 2. The molecule has 142 valence electrons. The second kappa shape index (κ2) is 11.1. The molecule has 0 radical (unpaired) electrons. The van der Waals surface area contributed by atoms with Crippen LogP contribution in [0.5, 0.6) is 0 Å². The molecule has 0 aliphatic rings. The summed E-state index contributed by atoms with van der Waals surface area (Å²) < 4.78 is 0. The van der Waals surface area contributed by atoms with E-state index in [1.807, 2.05) is 20.1 Å². The minimum atomic E-state index is -0.654. The van der Waals surface area contributed by atoms with Crippen LogP contribution in [0.1, 0.15) is 30.6 Å². The molecule has 1 aromatic carbocycles. The molecule has 4 N–H and O–H groups in total. The molecular formula is C16H24Cl3N3O2S. The van der Waals surface area contributed by atoms with Crippen molar-refractivity contribution < 1.29 is 9.59 Å². The van der Waals surface area contributed by atoms with E-state index in [4.69, 9.17) is 28.9 Å². The molecule has 1 rings (SSSR count). The lowest BCUT2D eigenvalue weighted by atomic mass is 10.1. The molecule has 0 bridgehead atoms. The van der Waals surface area contributed by atoms with Gasteiger partial charge in [-0.3, -0.25) is 9.59 Å². The maximum absolute atomic E-state index is 12.4. The Labute approximate surface area is 169 Å². The zero-order valence-corrected chi connectivity index (χ0v) is 17.5. The van der Waals surface area contributed by atoms with Gasteiger partial charge in [-0.05, 0) is 50.5 Å². The number of hydrogen-bond donors (Lipinski definition) is 3. The fourth-order valence-corrected chi connectivity index (χ4v) is 2.82. The number of benzene rings is 1. The summed E-state index contributed by atoms with van der Waals surface area (Å²) in [6.07, 6.45) is 2.45. The summed E-state index contributed by atoms with van der Waals surface area (Å²) in [6, 6.07) is 3.95. The second-order valence-electron chi connectivity index (χ2n) is 6.14. The number of halogens is 3. The molecule has 1 atom stereocenters. The van der Waals surface area contributed by atoms with Crippen LogP contribution in [0.25, 0.3) is 0 Å². The Kier molecular flexibility index (Phi) is 10.8. The summed E-state index contributed by atoms with van der Waals surface area (Å²) in [5.74, 6) is 0.0598. The van der Waals surface area contributed by atoms with Crippen LogP contribution in [0, 0.1) is 0 Å². The van der Waals surface area contributed by atoms with Crippen LogP contribution in [0.2, 0.25) is 10.0 Å². The van der Waals surface area contributed by atoms with Crippen molar-refractivity contribution in [1.82, 2.24) is 10.6 Å². The normalized spacial score (nSPS) is 12.1. The van der Waals surface area contributed by atoms with E-state index in [0.29, 0.717) is 18.0 Å². The average molecular weight is 429 g/mol. The van der Waals surface area contributed by atoms with Crippen LogP contribution in [0.3, 0.4) is 0 Å². The highest BCUT2D eigenvalue weighted by atomic mass is 35.5. The van der Waals surface area contributed by atoms with Crippen LogP contribution in [-0.4, -0.2) is 41.9 Å². The van der Waals surface area contributed by atoms with Gasteiger partial charge in [0.15, 0.2) is 0 Å². The SMILES string of the molecule is CSCCC(NC(=O)c1ccc(Cl)cc1Cl)C(=O)NCC(C)(C)N.Cl. The van der Waals surface area contributed by atoms with Gasteiger partial charge in [0.1, 0.15) is 6.04 Å². The van der Waals surface area contributed by atoms with E-state index in [0.717, 1.165) is 5.75 Å². The van der Waals surface area contributed by atoms with E-state index in [1.54, 1.807) is 17.8 Å². The molecule has 5 nitrogen and oxygen atoms in total. The average Bonchev–Trinajstić information content (AvgIpc) is 2.48. The lowest BCUT2D eigenvalue weighted by molar-refractivity contribution is -0.123. The van der Waals surface area contributed by atoms with E-state index in [-0.39, 0.29) is 28.9 Å². The Morgan fingerprint density at radius 2 is 1.96 bits per heavy atom. The van der Waals surface area contributed by atoms with Crippen LogP contribution in [0.15, 0.2) is 18.2 Å². The van der Waals surface area contributed by atoms with Crippen molar-refractivity contribution in [2.45, 2.75) is 31.8 Å². The fourth-order valence-electron chi connectivity index (χ4n) is 1.85. The van der Waals surface area contributed by atoms with Crippen molar-refractivity contribution in [1.29, 1.82) is 0 Å². The third kappa shape index (κ3) is 9.01. The van der Waals surface area contributed by atoms with Crippen molar-refractivity contribution in [3.05, 3.63) is 33.8 Å². The minimum absolute atomic E-state index is 0. The molecule has 1 aromatic rings. The van der Waals surface area contributed by atoms with E-state index in [9.17, 15) is 9.59 Å². The van der Waals surface area contributed by atoms with Gasteiger partial charge < -0.3 is 16.4 Å². The molecule has 0 aliphatic heterocycles. The van der Waals surface area contributed by atoms with Gasteiger partial charge in [-0.15, -0.1) is 12.4 Å². The van der Waals surface area contributed by atoms with Gasteiger partial charge in [-0.25, -0.2) is 0 Å². The van der Waals surface area contributed by atoms with Gasteiger partial charge >= 0.3 is 0 Å². The topological polar surface area (TPSA) is 84.2 Å². The van der Waals surface area contributed by atoms with Crippen LogP contribution in [0.4, 0.5) is 0 Å². The van der Waals surface area contributed by atoms with E-state index < -0.39 is 17.5 Å². The Balaban J connectivity index is 0.00000576. The number of hydrogen-bond acceptors (Lipinski definition) is 4. The molecule has 0 saturated heterocycles. The first-order valence-electron chi connectivity index (χ1n) is 7.45. The Morgan fingerprint density at radius 1 is 1.32 bits per heavy atom. The lowest BCUT2D eigenvalue weighted by Crippen LogP contribution is -2.52. The number of nitrogens with two attached hydrogens (primary N) is 1. The Morgan fingerprint density at radius 3 is 2.48 bits per heavy atom. The summed E-state index contributed by atoms with van der Waals surface area (Å²) in [5, 5.41) is 6.19. The van der Waals surface area contributed by atoms with Crippen molar-refractivity contribution in [3.8, 4) is 0 Å². The highest BCUT2D eigenvalue weighted by Gasteiger charge is 2.23. The van der Waals surface area contributed by atoms with Crippen molar-refractivity contribution in [3.63, 3.8) is 0 Å². The molecule has 1 unspecified atom stereocenters. The van der Waals surface area contributed by atoms with Crippen LogP contribution in [-0.2, 0) is 4.79 Å². The predicted molar refractivity (Wildman–Crippen MR) is 109 cm³/mol. The molecule has 0 aromatic heterocycles. The lowest BCUT2D eigenvalue weighted by Gasteiger charge is -2.23. The van der Waals surface area contributed by atoms with Crippen LogP contribution < -0.4 is 16.4 Å². The third-order valence-electron chi connectivity index (χ3n) is 3.13. The van der Waals surface area contributed by atoms with Crippen molar-refractivity contribution in [2.24, 2.45) is 5.73 Å². The Bertz CT molecular complexity index is 594. The monoisotopic (exact) mass is 427 g/mol. The summed E-state index contributed by atoms with van der Waals surface area (Å²) in [4.78, 5) is 24.8. The molecule has 0 saturated carbocycles. The number of rotatable bonds is 8. The number of nitrogens with one attached hydrogen (secondary N) is 2. The number of thioether (sulfide) groups is 1. The predicted octanol–water partition coefficient (Wildman–Crippen LogP) is 3.12. The molecular weight excluding hydrogens is 405 g/mol. The molecule has 0 aliphatic carbocycles. The quantitative estimate of drug-likeness (QED) is 0.594. The summed E-state index contributed by atoms with van der Waals surface area (Å²) >= 11 is 13.5. The second-order valence-corrected chi connectivity index (χ2v) is 7.97. The van der Waals surface area contributed by atoms with Gasteiger partial charge in [0.2, 0.25) is 5.91 Å². The van der Waals surface area contributed by atoms with Gasteiger partial charge in [-0.2, -0.15) is 11.8 Å².